The van der Waals surface area contributed by atoms with Crippen molar-refractivity contribution in [1.29, 1.82) is 0 Å². The molecule has 0 aliphatic rings. The molecule has 5 heteroatoms. The highest BCUT2D eigenvalue weighted by Crippen LogP contribution is 2.35. The molecule has 17 heavy (non-hydrogen) atoms. The van der Waals surface area contributed by atoms with Gasteiger partial charge in [-0.15, -0.1) is 11.3 Å². The molecule has 2 N–H and O–H groups in total. The highest BCUT2D eigenvalue weighted by molar-refractivity contribution is 9.13. The highest BCUT2D eigenvalue weighted by Gasteiger charge is 2.12. The van der Waals surface area contributed by atoms with Crippen LogP contribution in [0.3, 0.4) is 0 Å². The van der Waals surface area contributed by atoms with Crippen molar-refractivity contribution in [2.75, 3.05) is 0 Å². The molecule has 2 rings (SSSR count). The van der Waals surface area contributed by atoms with Crippen LogP contribution in [0.25, 0.3) is 0 Å². The molecule has 1 nitrogen and oxygen atoms in total. The lowest BCUT2D eigenvalue weighted by molar-refractivity contribution is 0.626. The molecule has 0 saturated carbocycles. The van der Waals surface area contributed by atoms with E-state index in [1.807, 2.05) is 6.07 Å². The summed E-state index contributed by atoms with van der Waals surface area (Å²) in [7, 11) is 0. The minimum Gasteiger partial charge on any atom is -0.323 e. The van der Waals surface area contributed by atoms with Gasteiger partial charge in [-0.2, -0.15) is 0 Å². The molecule has 2 aromatic rings. The van der Waals surface area contributed by atoms with Crippen molar-refractivity contribution in [1.82, 2.24) is 0 Å². The van der Waals surface area contributed by atoms with Crippen molar-refractivity contribution < 1.29 is 4.39 Å². The molecule has 0 amide bonds. The molecule has 0 radical (unpaired) electrons. The number of benzene rings is 1. The average molecular weight is 379 g/mol. The van der Waals surface area contributed by atoms with Gasteiger partial charge in [-0.05, 0) is 62.0 Å². The summed E-state index contributed by atoms with van der Waals surface area (Å²) in [5.74, 6) is -0.219. The van der Waals surface area contributed by atoms with Crippen molar-refractivity contribution in [3.63, 3.8) is 0 Å². The first kappa shape index (κ1) is 13.2. The van der Waals surface area contributed by atoms with Crippen LogP contribution < -0.4 is 5.73 Å². The first-order valence-electron chi connectivity index (χ1n) is 5.01. The quantitative estimate of drug-likeness (QED) is 0.826. The van der Waals surface area contributed by atoms with E-state index in [4.69, 9.17) is 5.73 Å². The van der Waals surface area contributed by atoms with Crippen molar-refractivity contribution in [2.45, 2.75) is 12.5 Å². The van der Waals surface area contributed by atoms with Gasteiger partial charge in [-0.3, -0.25) is 0 Å². The van der Waals surface area contributed by atoms with Crippen molar-refractivity contribution in [3.05, 3.63) is 54.8 Å². The molecule has 90 valence electrons. The molecule has 1 unspecified atom stereocenters. The molecule has 1 aromatic carbocycles. The zero-order valence-electron chi connectivity index (χ0n) is 8.79. The molecule has 0 saturated heterocycles. The monoisotopic (exact) mass is 377 g/mol. The fraction of sp³-hybridized carbons (Fsp3) is 0.167. The minimum atomic E-state index is -0.219. The number of hydrogen-bond donors (Lipinski definition) is 1. The lowest BCUT2D eigenvalue weighted by atomic mass is 10.1. The van der Waals surface area contributed by atoms with Crippen LogP contribution in [0.15, 0.2) is 38.6 Å². The van der Waals surface area contributed by atoms with Gasteiger partial charge in [0, 0.05) is 15.4 Å². The Morgan fingerprint density at radius 1 is 1.24 bits per heavy atom. The van der Waals surface area contributed by atoms with Gasteiger partial charge in [0.25, 0.3) is 0 Å². The summed E-state index contributed by atoms with van der Waals surface area (Å²) in [6.07, 6.45) is 0.708. The van der Waals surface area contributed by atoms with Gasteiger partial charge in [-0.25, -0.2) is 4.39 Å². The molecule has 0 aliphatic heterocycles. The summed E-state index contributed by atoms with van der Waals surface area (Å²) in [5, 5.41) is 0. The molecule has 0 aliphatic carbocycles. The number of halogens is 3. The Bertz CT molecular complexity index is 490. The van der Waals surface area contributed by atoms with Gasteiger partial charge >= 0.3 is 0 Å². The standard InChI is InChI=1S/C12H10Br2FNS/c13-9-6-11(17-12(9)14)10(16)5-7-1-3-8(15)4-2-7/h1-4,6,10H,5,16H2. The van der Waals surface area contributed by atoms with Crippen LogP contribution in [-0.4, -0.2) is 0 Å². The second-order valence-corrected chi connectivity index (χ2v) is 6.96. The lowest BCUT2D eigenvalue weighted by Gasteiger charge is -2.09. The Kier molecular flexibility index (Phi) is 4.36. The minimum absolute atomic E-state index is 0.0620. The molecular formula is C12H10Br2FNS. The predicted octanol–water partition coefficient (Wildman–Crippen LogP) is 4.65. The number of rotatable bonds is 3. The maximum Gasteiger partial charge on any atom is 0.123 e. The van der Waals surface area contributed by atoms with Crippen molar-refractivity contribution in [3.8, 4) is 0 Å². The van der Waals surface area contributed by atoms with Crippen LogP contribution in [0.1, 0.15) is 16.5 Å². The smallest absolute Gasteiger partial charge is 0.123 e. The normalized spacial score (nSPS) is 12.7. The molecule has 0 bridgehead atoms. The third-order valence-electron chi connectivity index (χ3n) is 2.40. The number of nitrogens with two attached hydrogens (primary N) is 1. The van der Waals surface area contributed by atoms with E-state index in [0.717, 1.165) is 18.7 Å². The maximum atomic E-state index is 12.8. The van der Waals surface area contributed by atoms with Crippen molar-refractivity contribution in [2.24, 2.45) is 5.73 Å². The predicted molar refractivity (Wildman–Crippen MR) is 76.8 cm³/mol. The Morgan fingerprint density at radius 3 is 2.41 bits per heavy atom. The van der Waals surface area contributed by atoms with Crippen LogP contribution >= 0.6 is 43.2 Å². The van der Waals surface area contributed by atoms with Crippen LogP contribution in [-0.2, 0) is 6.42 Å². The molecule has 1 heterocycles. The summed E-state index contributed by atoms with van der Waals surface area (Å²) in [5.41, 5.74) is 7.16. The zero-order chi connectivity index (χ0) is 12.4. The first-order chi connectivity index (χ1) is 8.06. The van der Waals surface area contributed by atoms with Gasteiger partial charge in [0.1, 0.15) is 5.82 Å². The summed E-state index contributed by atoms with van der Waals surface area (Å²) < 4.78 is 14.8. The fourth-order valence-electron chi connectivity index (χ4n) is 1.52. The van der Waals surface area contributed by atoms with E-state index in [0.29, 0.717) is 6.42 Å². The van der Waals surface area contributed by atoms with Crippen LogP contribution in [0, 0.1) is 5.82 Å². The third kappa shape index (κ3) is 3.37. The first-order valence-corrected chi connectivity index (χ1v) is 7.41. The lowest BCUT2D eigenvalue weighted by Crippen LogP contribution is -2.11. The number of hydrogen-bond acceptors (Lipinski definition) is 2. The van der Waals surface area contributed by atoms with E-state index in [9.17, 15) is 4.39 Å². The summed E-state index contributed by atoms with van der Waals surface area (Å²) in [6.45, 7) is 0. The van der Waals surface area contributed by atoms with E-state index < -0.39 is 0 Å². The summed E-state index contributed by atoms with van der Waals surface area (Å²) >= 11 is 8.50. The fourth-order valence-corrected chi connectivity index (χ4v) is 3.61. The molecule has 0 fully saturated rings. The molecule has 1 atom stereocenters. The van der Waals surface area contributed by atoms with E-state index in [1.165, 1.54) is 12.1 Å². The summed E-state index contributed by atoms with van der Waals surface area (Å²) in [6, 6.07) is 8.42. The largest absolute Gasteiger partial charge is 0.323 e. The van der Waals surface area contributed by atoms with Crippen LogP contribution in [0.2, 0.25) is 0 Å². The topological polar surface area (TPSA) is 26.0 Å². The maximum absolute atomic E-state index is 12.8. The van der Waals surface area contributed by atoms with Gasteiger partial charge in [0.05, 0.1) is 3.79 Å². The van der Waals surface area contributed by atoms with E-state index in [2.05, 4.69) is 31.9 Å². The van der Waals surface area contributed by atoms with E-state index >= 15 is 0 Å². The Labute approximate surface area is 120 Å². The molecule has 0 spiro atoms. The van der Waals surface area contributed by atoms with Crippen LogP contribution in [0.5, 0.6) is 0 Å². The van der Waals surface area contributed by atoms with Crippen LogP contribution in [0.4, 0.5) is 4.39 Å². The van der Waals surface area contributed by atoms with E-state index in [1.54, 1.807) is 23.5 Å². The second kappa shape index (κ2) is 5.61. The highest BCUT2D eigenvalue weighted by atomic mass is 79.9. The third-order valence-corrected chi connectivity index (χ3v) is 5.79. The average Bonchev–Trinajstić information content (AvgIpc) is 2.63. The Balaban J connectivity index is 2.11. The van der Waals surface area contributed by atoms with Gasteiger partial charge in [0.15, 0.2) is 0 Å². The Morgan fingerprint density at radius 2 is 1.88 bits per heavy atom. The Hall–Kier alpha value is -0.230. The molecular weight excluding hydrogens is 369 g/mol. The number of thiophene rings is 1. The zero-order valence-corrected chi connectivity index (χ0v) is 12.8. The van der Waals surface area contributed by atoms with Gasteiger partial charge < -0.3 is 5.73 Å². The summed E-state index contributed by atoms with van der Waals surface area (Å²) in [4.78, 5) is 1.10. The van der Waals surface area contributed by atoms with E-state index in [-0.39, 0.29) is 11.9 Å². The van der Waals surface area contributed by atoms with Crippen molar-refractivity contribution >= 4 is 43.2 Å². The van der Waals surface area contributed by atoms with Gasteiger partial charge in [-0.1, -0.05) is 12.1 Å². The van der Waals surface area contributed by atoms with Gasteiger partial charge in [0.2, 0.25) is 0 Å². The second-order valence-electron chi connectivity index (χ2n) is 3.71. The SMILES string of the molecule is NC(Cc1ccc(F)cc1)c1cc(Br)c(Br)s1. The molecule has 1 aromatic heterocycles.